The molecule has 0 bridgehead atoms. The van der Waals surface area contributed by atoms with Crippen LogP contribution in [0.1, 0.15) is 5.69 Å². The molecule has 1 N–H and O–H groups in total. The van der Waals surface area contributed by atoms with E-state index in [2.05, 4.69) is 10.3 Å². The van der Waals surface area contributed by atoms with Gasteiger partial charge in [-0.15, -0.1) is 0 Å². The van der Waals surface area contributed by atoms with Crippen LogP contribution in [0.4, 0.5) is 10.1 Å². The smallest absolute Gasteiger partial charge is 0.262 e. The molecule has 0 saturated heterocycles. The summed E-state index contributed by atoms with van der Waals surface area (Å²) in [6.45, 7) is 0.855. The first-order chi connectivity index (χ1) is 13.1. The molecule has 1 aromatic heterocycles. The van der Waals surface area contributed by atoms with Gasteiger partial charge in [0.2, 0.25) is 5.89 Å². The minimum absolute atomic E-state index is 0.179. The minimum atomic E-state index is -0.603. The number of hydrogen-bond donors (Lipinski definition) is 1. The van der Waals surface area contributed by atoms with Gasteiger partial charge < -0.3 is 19.4 Å². The number of ether oxygens (including phenoxy) is 1. The fraction of sp³-hybridized carbons (Fsp3) is 0.200. The second kappa shape index (κ2) is 7.11. The van der Waals surface area contributed by atoms with Crippen molar-refractivity contribution in [2.24, 2.45) is 0 Å². The number of para-hydroxylation sites is 2. The third kappa shape index (κ3) is 3.48. The first-order valence-electron chi connectivity index (χ1n) is 8.56. The van der Waals surface area contributed by atoms with Crippen LogP contribution in [0.25, 0.3) is 11.5 Å². The van der Waals surface area contributed by atoms with Crippen LogP contribution in [0.5, 0.6) is 5.75 Å². The van der Waals surface area contributed by atoms with Gasteiger partial charge in [-0.05, 0) is 36.4 Å². The fourth-order valence-electron chi connectivity index (χ4n) is 3.05. The van der Waals surface area contributed by atoms with Crippen molar-refractivity contribution in [1.29, 1.82) is 0 Å². The molecule has 27 heavy (non-hydrogen) atoms. The van der Waals surface area contributed by atoms with E-state index in [9.17, 15) is 9.18 Å². The van der Waals surface area contributed by atoms with Gasteiger partial charge in [0.15, 0.2) is 6.10 Å². The zero-order chi connectivity index (χ0) is 18.8. The molecule has 7 heteroatoms. The van der Waals surface area contributed by atoms with Gasteiger partial charge in [0.25, 0.3) is 5.91 Å². The van der Waals surface area contributed by atoms with Crippen LogP contribution in [-0.2, 0) is 11.3 Å². The lowest BCUT2D eigenvalue weighted by Crippen LogP contribution is -2.47. The van der Waals surface area contributed by atoms with Crippen LogP contribution in [0.2, 0.25) is 0 Å². The molecule has 6 nitrogen and oxygen atoms in total. The first kappa shape index (κ1) is 17.1. The number of fused-ring (bicyclic) bond motifs is 1. The quantitative estimate of drug-likeness (QED) is 0.768. The highest BCUT2D eigenvalue weighted by molar-refractivity contribution is 5.83. The number of amides is 1. The summed E-state index contributed by atoms with van der Waals surface area (Å²) < 4.78 is 24.4. The number of likely N-dealkylation sites (N-methyl/N-ethyl adjacent to an activating group) is 1. The average Bonchev–Trinajstić information content (AvgIpc) is 3.16. The van der Waals surface area contributed by atoms with Crippen LogP contribution >= 0.6 is 0 Å². The molecular formula is C20H18FN3O3. The Labute approximate surface area is 155 Å². The molecule has 2 aromatic carbocycles. The molecule has 0 fully saturated rings. The van der Waals surface area contributed by atoms with E-state index in [0.29, 0.717) is 36.0 Å². The number of halogens is 1. The molecule has 0 aliphatic carbocycles. The van der Waals surface area contributed by atoms with Crippen LogP contribution in [0.3, 0.4) is 0 Å². The van der Waals surface area contributed by atoms with Crippen LogP contribution in [0, 0.1) is 5.82 Å². The molecule has 4 rings (SSSR count). The van der Waals surface area contributed by atoms with Gasteiger partial charge in [0.05, 0.1) is 24.5 Å². The Bertz CT molecular complexity index is 955. The molecule has 0 radical (unpaired) electrons. The van der Waals surface area contributed by atoms with E-state index in [1.807, 2.05) is 29.2 Å². The Balaban J connectivity index is 1.58. The van der Waals surface area contributed by atoms with Crippen molar-refractivity contribution >= 4 is 11.6 Å². The van der Waals surface area contributed by atoms with Gasteiger partial charge in [-0.2, -0.15) is 0 Å². The predicted molar refractivity (Wildman–Crippen MR) is 97.9 cm³/mol. The Morgan fingerprint density at radius 1 is 1.26 bits per heavy atom. The lowest BCUT2D eigenvalue weighted by molar-refractivity contribution is -0.127. The normalized spacial score (nSPS) is 15.8. The summed E-state index contributed by atoms with van der Waals surface area (Å²) in [7, 11) is 1.59. The summed E-state index contributed by atoms with van der Waals surface area (Å²) in [5, 5.41) is 2.62. The maximum Gasteiger partial charge on any atom is 0.262 e. The van der Waals surface area contributed by atoms with Gasteiger partial charge in [0, 0.05) is 12.6 Å². The van der Waals surface area contributed by atoms with Crippen LogP contribution in [0.15, 0.2) is 59.2 Å². The number of aromatic nitrogens is 1. The Kier molecular flexibility index (Phi) is 4.50. The lowest BCUT2D eigenvalue weighted by Gasteiger charge is -2.34. The van der Waals surface area contributed by atoms with Gasteiger partial charge in [0.1, 0.15) is 17.8 Å². The number of anilines is 1. The predicted octanol–water partition coefficient (Wildman–Crippen LogP) is 2.99. The zero-order valence-corrected chi connectivity index (χ0v) is 14.7. The standard InChI is InChI=1S/C20H18FN3O3/c1-22-19(25)18-11-24(16-4-2-3-5-17(16)27-18)10-15-12-26-20(23-15)13-6-8-14(21)9-7-13/h2-9,12,18H,10-11H2,1H3,(H,22,25). The Morgan fingerprint density at radius 3 is 2.81 bits per heavy atom. The molecule has 0 saturated carbocycles. The van der Waals surface area contributed by atoms with Crippen molar-refractivity contribution < 1.29 is 18.3 Å². The van der Waals surface area contributed by atoms with Crippen LogP contribution in [-0.4, -0.2) is 30.6 Å². The number of hydrogen-bond acceptors (Lipinski definition) is 5. The van der Waals surface area contributed by atoms with E-state index in [-0.39, 0.29) is 11.7 Å². The lowest BCUT2D eigenvalue weighted by atomic mass is 10.1. The monoisotopic (exact) mass is 367 g/mol. The SMILES string of the molecule is CNC(=O)C1CN(Cc2coc(-c3ccc(F)cc3)n2)c2ccccc2O1. The summed E-state index contributed by atoms with van der Waals surface area (Å²) in [6, 6.07) is 13.5. The third-order valence-electron chi connectivity index (χ3n) is 4.40. The molecule has 3 aromatic rings. The van der Waals surface area contributed by atoms with Crippen molar-refractivity contribution in [2.45, 2.75) is 12.6 Å². The number of rotatable bonds is 4. The van der Waals surface area contributed by atoms with E-state index in [0.717, 1.165) is 5.69 Å². The highest BCUT2D eigenvalue weighted by atomic mass is 19.1. The summed E-state index contributed by atoms with van der Waals surface area (Å²) in [4.78, 5) is 18.6. The molecule has 0 spiro atoms. The molecule has 1 amide bonds. The van der Waals surface area contributed by atoms with Crippen molar-refractivity contribution in [3.8, 4) is 17.2 Å². The fourth-order valence-corrected chi connectivity index (χ4v) is 3.05. The average molecular weight is 367 g/mol. The number of benzene rings is 2. The highest BCUT2D eigenvalue weighted by Crippen LogP contribution is 2.34. The number of carbonyl (C=O) groups is 1. The molecule has 138 valence electrons. The Hall–Kier alpha value is -3.35. The number of nitrogens with zero attached hydrogens (tertiary/aromatic N) is 2. The van der Waals surface area contributed by atoms with Gasteiger partial charge in [-0.3, -0.25) is 4.79 Å². The molecule has 1 atom stereocenters. The largest absolute Gasteiger partial charge is 0.477 e. The molecule has 1 aliphatic rings. The van der Waals surface area contributed by atoms with Crippen molar-refractivity contribution in [1.82, 2.24) is 10.3 Å². The molecule has 2 heterocycles. The zero-order valence-electron chi connectivity index (χ0n) is 14.7. The number of nitrogens with one attached hydrogen (secondary N) is 1. The summed E-state index contributed by atoms with van der Waals surface area (Å²) in [5.41, 5.74) is 2.30. The van der Waals surface area contributed by atoms with Crippen molar-refractivity contribution in [3.63, 3.8) is 0 Å². The second-order valence-corrected chi connectivity index (χ2v) is 6.22. The second-order valence-electron chi connectivity index (χ2n) is 6.22. The molecule has 1 unspecified atom stereocenters. The van der Waals surface area contributed by atoms with Gasteiger partial charge >= 0.3 is 0 Å². The van der Waals surface area contributed by atoms with E-state index in [4.69, 9.17) is 9.15 Å². The molecule has 1 aliphatic heterocycles. The van der Waals surface area contributed by atoms with E-state index in [1.54, 1.807) is 25.4 Å². The van der Waals surface area contributed by atoms with Gasteiger partial charge in [-0.25, -0.2) is 9.37 Å². The van der Waals surface area contributed by atoms with E-state index >= 15 is 0 Å². The first-order valence-corrected chi connectivity index (χ1v) is 8.56. The molecular weight excluding hydrogens is 349 g/mol. The summed E-state index contributed by atoms with van der Waals surface area (Å²) in [6.07, 6.45) is 0.972. The van der Waals surface area contributed by atoms with Crippen LogP contribution < -0.4 is 15.0 Å². The van der Waals surface area contributed by atoms with Crippen molar-refractivity contribution in [3.05, 3.63) is 66.3 Å². The Morgan fingerprint density at radius 2 is 2.04 bits per heavy atom. The van der Waals surface area contributed by atoms with Gasteiger partial charge in [-0.1, -0.05) is 12.1 Å². The summed E-state index contributed by atoms with van der Waals surface area (Å²) in [5.74, 6) is 0.589. The summed E-state index contributed by atoms with van der Waals surface area (Å²) >= 11 is 0. The van der Waals surface area contributed by atoms with E-state index in [1.165, 1.54) is 12.1 Å². The maximum atomic E-state index is 13.1. The van der Waals surface area contributed by atoms with Crippen molar-refractivity contribution in [2.75, 3.05) is 18.5 Å². The van der Waals surface area contributed by atoms with E-state index < -0.39 is 6.10 Å². The topological polar surface area (TPSA) is 67.6 Å². The highest BCUT2D eigenvalue weighted by Gasteiger charge is 2.30. The number of carbonyl (C=O) groups excluding carboxylic acids is 1. The minimum Gasteiger partial charge on any atom is -0.477 e. The maximum absolute atomic E-state index is 13.1. The number of oxazole rings is 1. The third-order valence-corrected chi connectivity index (χ3v) is 4.40.